The summed E-state index contributed by atoms with van der Waals surface area (Å²) in [6, 6.07) is 19.1. The van der Waals surface area contributed by atoms with E-state index >= 15 is 0 Å². The Morgan fingerprint density at radius 2 is 1.50 bits per heavy atom. The summed E-state index contributed by atoms with van der Waals surface area (Å²) in [4.78, 5) is 0. The Morgan fingerprint density at radius 1 is 1.00 bits per heavy atom. The fraction of sp³-hybridized carbons (Fsp3) is 0.294. The minimum absolute atomic E-state index is 0.181. The van der Waals surface area contributed by atoms with Crippen LogP contribution in [0.2, 0.25) is 0 Å². The van der Waals surface area contributed by atoms with Crippen LogP contribution < -0.4 is 0 Å². The van der Waals surface area contributed by atoms with E-state index in [1.165, 1.54) is 10.6 Å². The van der Waals surface area contributed by atoms with Crippen molar-refractivity contribution in [3.05, 3.63) is 71.8 Å². The fourth-order valence-corrected chi connectivity index (χ4v) is 3.95. The zero-order chi connectivity index (χ0) is 16.2. The molecule has 2 aromatic rings. The Morgan fingerprint density at radius 3 is 2.00 bits per heavy atom. The Balaban J connectivity index is 2.26. The first-order valence-corrected chi connectivity index (χ1v) is 9.50. The standard InChI is InChI=1S/C17H21NO2S2/c1-14(17(21)16-11-7-4-8-12-16)18(22(2,19)20)13-15-9-5-3-6-10-15/h3-12,14,17,21H,13H2,1-2H3/t14-,17-/m1/s1. The minimum atomic E-state index is -3.33. The molecule has 3 nitrogen and oxygen atoms in total. The van der Waals surface area contributed by atoms with Crippen molar-refractivity contribution in [2.75, 3.05) is 6.26 Å². The smallest absolute Gasteiger partial charge is 0.211 e. The molecule has 0 aliphatic carbocycles. The number of nitrogens with zero attached hydrogens (tertiary/aromatic N) is 1. The molecule has 0 amide bonds. The highest BCUT2D eigenvalue weighted by atomic mass is 32.2. The fourth-order valence-electron chi connectivity index (χ4n) is 2.41. The van der Waals surface area contributed by atoms with E-state index in [0.717, 1.165) is 11.1 Å². The number of benzene rings is 2. The second-order valence-corrected chi connectivity index (χ2v) is 7.88. The number of rotatable bonds is 6. The van der Waals surface area contributed by atoms with Gasteiger partial charge in [0.25, 0.3) is 0 Å². The number of sulfonamides is 1. The quantitative estimate of drug-likeness (QED) is 0.820. The van der Waals surface area contributed by atoms with Gasteiger partial charge in [-0.2, -0.15) is 16.9 Å². The Kier molecular flexibility index (Phi) is 5.67. The molecule has 0 spiro atoms. The van der Waals surface area contributed by atoms with Gasteiger partial charge in [0.1, 0.15) is 0 Å². The maximum atomic E-state index is 12.2. The molecular weight excluding hydrogens is 314 g/mol. The van der Waals surface area contributed by atoms with Gasteiger partial charge in [0.05, 0.1) is 6.26 Å². The predicted octanol–water partition coefficient (Wildman–Crippen LogP) is 3.51. The third kappa shape index (κ3) is 4.35. The topological polar surface area (TPSA) is 37.4 Å². The maximum absolute atomic E-state index is 12.2. The molecule has 0 aromatic heterocycles. The first-order chi connectivity index (χ1) is 10.4. The number of hydrogen-bond acceptors (Lipinski definition) is 3. The van der Waals surface area contributed by atoms with Crippen LogP contribution in [0.5, 0.6) is 0 Å². The third-order valence-corrected chi connectivity index (χ3v) is 5.70. The lowest BCUT2D eigenvalue weighted by atomic mass is 10.1. The molecule has 0 saturated heterocycles. The average Bonchev–Trinajstić information content (AvgIpc) is 2.52. The van der Waals surface area contributed by atoms with Crippen molar-refractivity contribution in [1.29, 1.82) is 0 Å². The van der Waals surface area contributed by atoms with Crippen molar-refractivity contribution in [2.24, 2.45) is 0 Å². The molecule has 0 unspecified atom stereocenters. The molecule has 0 heterocycles. The van der Waals surface area contributed by atoms with Gasteiger partial charge in [0, 0.05) is 17.8 Å². The van der Waals surface area contributed by atoms with Gasteiger partial charge in [0.15, 0.2) is 0 Å². The van der Waals surface area contributed by atoms with E-state index in [9.17, 15) is 8.42 Å². The summed E-state index contributed by atoms with van der Waals surface area (Å²) in [5, 5.41) is -0.181. The molecular formula is C17H21NO2S2. The van der Waals surface area contributed by atoms with Gasteiger partial charge in [-0.1, -0.05) is 60.7 Å². The molecule has 0 saturated carbocycles. The molecule has 0 radical (unpaired) electrons. The predicted molar refractivity (Wildman–Crippen MR) is 94.5 cm³/mol. The van der Waals surface area contributed by atoms with Gasteiger partial charge in [-0.05, 0) is 18.1 Å². The molecule has 22 heavy (non-hydrogen) atoms. The Bertz CT molecular complexity index is 687. The van der Waals surface area contributed by atoms with Crippen molar-refractivity contribution in [2.45, 2.75) is 24.8 Å². The lowest BCUT2D eigenvalue weighted by Crippen LogP contribution is -2.39. The van der Waals surface area contributed by atoms with E-state index in [2.05, 4.69) is 12.6 Å². The molecule has 2 rings (SSSR count). The molecule has 0 aliphatic rings. The van der Waals surface area contributed by atoms with Crippen LogP contribution in [0.25, 0.3) is 0 Å². The first-order valence-electron chi connectivity index (χ1n) is 7.13. The molecule has 118 valence electrons. The number of thiol groups is 1. The highest BCUT2D eigenvalue weighted by Gasteiger charge is 2.28. The molecule has 2 aromatic carbocycles. The van der Waals surface area contributed by atoms with Crippen molar-refractivity contribution in [3.8, 4) is 0 Å². The summed E-state index contributed by atoms with van der Waals surface area (Å²) in [6.45, 7) is 2.25. The highest BCUT2D eigenvalue weighted by Crippen LogP contribution is 2.29. The summed E-state index contributed by atoms with van der Waals surface area (Å²) < 4.78 is 25.9. The zero-order valence-electron chi connectivity index (χ0n) is 12.8. The van der Waals surface area contributed by atoms with E-state index in [0.29, 0.717) is 6.54 Å². The van der Waals surface area contributed by atoms with E-state index in [1.807, 2.05) is 67.6 Å². The zero-order valence-corrected chi connectivity index (χ0v) is 14.5. The van der Waals surface area contributed by atoms with E-state index in [1.54, 1.807) is 0 Å². The lowest BCUT2D eigenvalue weighted by molar-refractivity contribution is 0.327. The van der Waals surface area contributed by atoms with Crippen molar-refractivity contribution >= 4 is 22.7 Å². The van der Waals surface area contributed by atoms with Crippen molar-refractivity contribution < 1.29 is 8.42 Å². The van der Waals surface area contributed by atoms with Gasteiger partial charge in [-0.15, -0.1) is 0 Å². The van der Waals surface area contributed by atoms with Crippen LogP contribution >= 0.6 is 12.6 Å². The second kappa shape index (κ2) is 7.31. The first kappa shape index (κ1) is 17.1. The molecule has 0 fully saturated rings. The maximum Gasteiger partial charge on any atom is 0.211 e. The summed E-state index contributed by atoms with van der Waals surface area (Å²) in [7, 11) is -3.33. The van der Waals surface area contributed by atoms with Gasteiger partial charge in [-0.3, -0.25) is 0 Å². The highest BCUT2D eigenvalue weighted by molar-refractivity contribution is 7.88. The van der Waals surface area contributed by atoms with Gasteiger partial charge in [0.2, 0.25) is 10.0 Å². The monoisotopic (exact) mass is 335 g/mol. The van der Waals surface area contributed by atoms with E-state index in [4.69, 9.17) is 0 Å². The third-order valence-electron chi connectivity index (χ3n) is 3.66. The molecule has 0 bridgehead atoms. The van der Waals surface area contributed by atoms with Gasteiger partial charge in [-0.25, -0.2) is 8.42 Å². The largest absolute Gasteiger partial charge is 0.212 e. The SMILES string of the molecule is C[C@H]([C@@H](S)c1ccccc1)N(Cc1ccccc1)S(C)(=O)=O. The Hall–Kier alpha value is -1.30. The van der Waals surface area contributed by atoms with Crippen LogP contribution in [-0.4, -0.2) is 25.0 Å². The van der Waals surface area contributed by atoms with Gasteiger partial charge < -0.3 is 0 Å². The van der Waals surface area contributed by atoms with Crippen molar-refractivity contribution in [1.82, 2.24) is 4.31 Å². The van der Waals surface area contributed by atoms with Crippen LogP contribution in [0.3, 0.4) is 0 Å². The average molecular weight is 335 g/mol. The van der Waals surface area contributed by atoms with Crippen LogP contribution in [-0.2, 0) is 16.6 Å². The van der Waals surface area contributed by atoms with Crippen molar-refractivity contribution in [3.63, 3.8) is 0 Å². The van der Waals surface area contributed by atoms with Crippen LogP contribution in [0, 0.1) is 0 Å². The molecule has 0 N–H and O–H groups in total. The summed E-state index contributed by atoms with van der Waals surface area (Å²) in [5.41, 5.74) is 1.98. The summed E-state index contributed by atoms with van der Waals surface area (Å²) >= 11 is 4.65. The molecule has 0 aliphatic heterocycles. The molecule has 2 atom stereocenters. The minimum Gasteiger partial charge on any atom is -0.212 e. The normalized spacial score (nSPS) is 14.7. The van der Waals surface area contributed by atoms with E-state index < -0.39 is 10.0 Å². The van der Waals surface area contributed by atoms with Crippen LogP contribution in [0.15, 0.2) is 60.7 Å². The lowest BCUT2D eigenvalue weighted by Gasteiger charge is -2.31. The summed E-state index contributed by atoms with van der Waals surface area (Å²) in [5.74, 6) is 0. The summed E-state index contributed by atoms with van der Waals surface area (Å²) in [6.07, 6.45) is 1.25. The van der Waals surface area contributed by atoms with Crippen LogP contribution in [0.1, 0.15) is 23.3 Å². The van der Waals surface area contributed by atoms with Crippen LogP contribution in [0.4, 0.5) is 0 Å². The van der Waals surface area contributed by atoms with E-state index in [-0.39, 0.29) is 11.3 Å². The Labute approximate surface area is 138 Å². The number of hydrogen-bond donors (Lipinski definition) is 1. The molecule has 5 heteroatoms. The van der Waals surface area contributed by atoms with Gasteiger partial charge >= 0.3 is 0 Å². The second-order valence-electron chi connectivity index (χ2n) is 5.39.